The molecular weight excluding hydrogens is 1460 g/mol. The minimum atomic E-state index is -0.606. The van der Waals surface area contributed by atoms with Gasteiger partial charge in [-0.2, -0.15) is 0 Å². The normalized spacial score (nSPS) is 15.3. The number of aromatic nitrogens is 9. The van der Waals surface area contributed by atoms with Crippen LogP contribution in [0.1, 0.15) is 122 Å². The van der Waals surface area contributed by atoms with E-state index in [1.54, 1.807) is 78.2 Å². The van der Waals surface area contributed by atoms with E-state index in [4.69, 9.17) is 44.8 Å². The molecule has 3 radical (unpaired) electrons. The number of aliphatic hydroxyl groups is 3. The molecule has 3 fully saturated rings. The van der Waals surface area contributed by atoms with Gasteiger partial charge in [-0.25, -0.2) is 53.5 Å². The number of benzene rings is 3. The van der Waals surface area contributed by atoms with E-state index in [0.29, 0.717) is 100 Å². The fraction of sp³-hybridized carbons (Fsp3) is 0.447. The maximum atomic E-state index is 13.4. The Labute approximate surface area is 690 Å². The summed E-state index contributed by atoms with van der Waals surface area (Å²) in [5.41, 5.74) is 15.2. The zero-order valence-electron chi connectivity index (χ0n) is 65.2. The molecule has 9 aromatic rings. The zero-order chi connectivity index (χ0) is 76.7. The van der Waals surface area contributed by atoms with E-state index in [2.05, 4.69) is 54.8 Å². The Morgan fingerprint density at radius 2 is 0.882 bits per heavy atom. The van der Waals surface area contributed by atoms with Crippen LogP contribution >= 0.6 is 12.4 Å². The van der Waals surface area contributed by atoms with Gasteiger partial charge in [0.15, 0.2) is 34.0 Å². The standard InChI is InChI=1S/C27H32N6O5.C26H32N6O4.C21H24N6O2.C2H6O.B.ClH.K.H2O.H/c1-27(2,3)38-25(35)30-19-10-8-12-32(15-19)22-13-20(16-37-17-34)29-24-23(22)33(26(36)31(24)5)14-18-9-6-7-11-21(18)28-4;1-26(2,3)36-24(34)29-18-10-8-12-31(15-18)21-13-19(16-33)28-23-22(21)32(25(35)30(23)5)14-17-9-6-7-11-20(17)27-4;1-23-17-8-4-3-6-14(17)11-27-19-18(26-9-5-7-15(22)12-26)10-16(13-28)24-20(19)25(2)21(27)29;1-2-3;;;;;/h6-7,9,11,13,17,19H,8,10,12,14-16H2,1-3,5H3,(H,30,35);6-7,9,11,13,18,33H,8,10,12,14-16H2,1-3,5H3,(H,29,34);3-4,6,8,10,15,28H,5,7,9,11-13,22H2,2H3;3H,2H2,1H3;;1H;;1H2;/q;;;;;;+1;;-1/t19-;18-;15-;;;;;;/m111....../s1. The third-order valence-corrected chi connectivity index (χ3v) is 18.0. The van der Waals surface area contributed by atoms with Crippen LogP contribution in [0.5, 0.6) is 0 Å². The van der Waals surface area contributed by atoms with E-state index in [0.717, 1.165) is 85.4 Å². The van der Waals surface area contributed by atoms with Gasteiger partial charge in [-0.05, 0) is 122 Å². The number of pyridine rings is 3. The first kappa shape index (κ1) is 91.2. The van der Waals surface area contributed by atoms with Crippen molar-refractivity contribution in [2.75, 3.05) is 60.6 Å². The summed E-state index contributed by atoms with van der Waals surface area (Å²) < 4.78 is 25.2. The maximum Gasteiger partial charge on any atom is 1.00 e. The van der Waals surface area contributed by atoms with Crippen molar-refractivity contribution in [3.05, 3.63) is 190 Å². The molecule has 2 amide bonds. The molecule has 0 aliphatic carbocycles. The number of nitrogens with zero attached hydrogens (tertiary/aromatic N) is 15. The second kappa shape index (κ2) is 41.0. The molecule has 0 saturated carbocycles. The number of hydrogen-bond acceptors (Lipinski definition) is 19. The van der Waals surface area contributed by atoms with Crippen molar-refractivity contribution in [3.8, 4) is 0 Å². The number of hydrogen-bond donors (Lipinski definition) is 6. The minimum Gasteiger partial charge on any atom is -1.00 e. The molecule has 34 heteroatoms. The van der Waals surface area contributed by atoms with Crippen molar-refractivity contribution in [2.24, 2.45) is 26.9 Å². The molecule has 3 aliphatic rings. The van der Waals surface area contributed by atoms with Crippen LogP contribution < -0.4 is 99.5 Å². The Bertz CT molecular complexity index is 5010. The SMILES string of the molecule is CCO.Cl.O.[B].[C-]#[N+]c1ccccc1Cn1c(=O)n(C)c2nc(CO)cc(N3CCC[C@@H](N)C3)c21.[C-]#[N+]c1ccccc1Cn1c(=O)n(C)c2nc(CO)cc(N3CCC[C@@H](NC(=O)OC(C)(C)C)C3)c21.[C-]#[N+]c1ccccc1Cn1c(=O)n(C)c2nc(COC=O)cc(N3CCC[C@@H](NC(=O)OC(C)(C)C)C3)c21.[H-].[K+]. The van der Waals surface area contributed by atoms with Crippen LogP contribution in [0.4, 0.5) is 43.7 Å². The number of carbonyl (C=O) groups excluding carboxylic acids is 3. The van der Waals surface area contributed by atoms with Crippen LogP contribution in [0.25, 0.3) is 48.0 Å². The molecule has 110 heavy (non-hydrogen) atoms. The number of imidazole rings is 3. The number of ether oxygens (including phenoxy) is 3. The van der Waals surface area contributed by atoms with Crippen LogP contribution in [0.15, 0.2) is 105 Å². The third-order valence-electron chi connectivity index (χ3n) is 18.0. The summed E-state index contributed by atoms with van der Waals surface area (Å²) in [6.45, 7) is 39.8. The van der Waals surface area contributed by atoms with Crippen molar-refractivity contribution < 1.29 is 102 Å². The van der Waals surface area contributed by atoms with Gasteiger partial charge in [-0.1, -0.05) is 72.8 Å². The summed E-state index contributed by atoms with van der Waals surface area (Å²) in [6, 6.07) is 27.0. The Morgan fingerprint density at radius 1 is 0.573 bits per heavy atom. The Hall–Kier alpha value is -9.41. The summed E-state index contributed by atoms with van der Waals surface area (Å²) in [6.07, 6.45) is 4.23. The van der Waals surface area contributed by atoms with Crippen LogP contribution in [0.2, 0.25) is 0 Å². The number of nitrogens with one attached hydrogen (secondary N) is 2. The third kappa shape index (κ3) is 22.2. The number of aryl methyl sites for hydroxylation is 3. The largest absolute Gasteiger partial charge is 1.00 e. The smallest absolute Gasteiger partial charge is 1.00 e. The average molecular weight is 1560 g/mol. The first-order valence-electron chi connectivity index (χ1n) is 35.2. The van der Waals surface area contributed by atoms with Gasteiger partial charge < -0.3 is 67.5 Å². The number of alkyl carbamates (subject to hydrolysis) is 2. The predicted molar refractivity (Wildman–Crippen MR) is 422 cm³/mol. The second-order valence-corrected chi connectivity index (χ2v) is 28.2. The first-order valence-corrected chi connectivity index (χ1v) is 35.2. The topological polar surface area (TPSA) is 363 Å². The molecule has 3 atom stereocenters. The zero-order valence-corrected chi connectivity index (χ0v) is 68.1. The quantitative estimate of drug-likeness (QED) is 0.0324. The number of fused-ring (bicyclic) bond motifs is 3. The van der Waals surface area contributed by atoms with Crippen molar-refractivity contribution in [1.29, 1.82) is 0 Å². The maximum absolute atomic E-state index is 13.4. The van der Waals surface area contributed by atoms with Crippen LogP contribution in [-0.4, -0.2) is 165 Å². The summed E-state index contributed by atoms with van der Waals surface area (Å²) in [7, 11) is 4.98. The molecule has 12 rings (SSSR count). The van der Waals surface area contributed by atoms with E-state index >= 15 is 0 Å². The first-order chi connectivity index (χ1) is 50.7. The predicted octanol–water partition coefficient (Wildman–Crippen LogP) is 4.91. The van der Waals surface area contributed by atoms with Gasteiger partial charge in [-0.15, -0.1) is 12.4 Å². The number of aliphatic hydroxyl groups excluding tert-OH is 3. The fourth-order valence-corrected chi connectivity index (χ4v) is 13.4. The number of amides is 2. The summed E-state index contributed by atoms with van der Waals surface area (Å²) in [5, 5.41) is 33.1. The molecule has 0 spiro atoms. The second-order valence-electron chi connectivity index (χ2n) is 28.2. The summed E-state index contributed by atoms with van der Waals surface area (Å²) in [4.78, 5) is 106. The molecule has 9 heterocycles. The Kier molecular flexibility index (Phi) is 34.0. The molecule has 3 aliphatic heterocycles. The summed E-state index contributed by atoms with van der Waals surface area (Å²) >= 11 is 0. The van der Waals surface area contributed by atoms with Gasteiger partial charge in [0, 0.05) is 113 Å². The van der Waals surface area contributed by atoms with E-state index in [1.807, 2.05) is 96.1 Å². The number of halogens is 1. The van der Waals surface area contributed by atoms with Crippen LogP contribution in [-0.2, 0) is 79.6 Å². The molecular formula is C76H98BClKN18O13. The van der Waals surface area contributed by atoms with Gasteiger partial charge in [-0.3, -0.25) is 32.2 Å². The van der Waals surface area contributed by atoms with Gasteiger partial charge in [0.2, 0.25) is 0 Å². The van der Waals surface area contributed by atoms with Crippen molar-refractivity contribution in [1.82, 2.24) is 53.0 Å². The number of anilines is 3. The van der Waals surface area contributed by atoms with Gasteiger partial charge >= 0.3 is 80.6 Å². The van der Waals surface area contributed by atoms with Crippen molar-refractivity contribution >= 4 is 107 Å². The van der Waals surface area contributed by atoms with Crippen molar-refractivity contribution in [3.63, 3.8) is 0 Å². The molecule has 6 aromatic heterocycles. The van der Waals surface area contributed by atoms with Gasteiger partial charge in [0.1, 0.15) is 34.4 Å². The molecule has 3 aromatic carbocycles. The van der Waals surface area contributed by atoms with E-state index in [-0.39, 0.29) is 160 Å². The van der Waals surface area contributed by atoms with Crippen LogP contribution in [0, 0.1) is 19.7 Å². The fourth-order valence-electron chi connectivity index (χ4n) is 13.4. The average Bonchev–Trinajstić information content (AvgIpc) is 1.62. The van der Waals surface area contributed by atoms with Crippen LogP contribution in [0.3, 0.4) is 0 Å². The molecule has 9 N–H and O–H groups in total. The van der Waals surface area contributed by atoms with Gasteiger partial charge in [0.25, 0.3) is 6.47 Å². The molecule has 581 valence electrons. The van der Waals surface area contributed by atoms with Gasteiger partial charge in [0.05, 0.1) is 67.1 Å². The number of nitrogens with two attached hydrogens (primary N) is 1. The number of para-hydroxylation sites is 3. The number of rotatable bonds is 16. The molecule has 31 nitrogen and oxygen atoms in total. The Morgan fingerprint density at radius 3 is 1.19 bits per heavy atom. The summed E-state index contributed by atoms with van der Waals surface area (Å²) in [5.74, 6) is 0. The Balaban J connectivity index is 0.000000340. The number of piperidine rings is 3. The minimum absolute atomic E-state index is 0. The van der Waals surface area contributed by atoms with E-state index in [9.17, 15) is 39.0 Å². The molecule has 3 saturated heterocycles. The van der Waals surface area contributed by atoms with E-state index in [1.165, 1.54) is 13.7 Å². The number of carbonyl (C=O) groups is 3. The molecule has 0 bridgehead atoms. The molecule has 0 unspecified atom stereocenters. The monoisotopic (exact) mass is 1560 g/mol. The van der Waals surface area contributed by atoms with E-state index < -0.39 is 23.4 Å². The van der Waals surface area contributed by atoms with Crippen molar-refractivity contribution in [2.45, 2.75) is 156 Å².